The Morgan fingerprint density at radius 3 is 2.58 bits per heavy atom. The number of hydrogen-bond donors (Lipinski definition) is 2. The maximum absolute atomic E-state index is 5.91. The molecular formula is C15H15ClN2S. The fraction of sp³-hybridized carbons (Fsp3) is 0.133. The lowest BCUT2D eigenvalue weighted by atomic mass is 10.1. The van der Waals surface area contributed by atoms with Crippen LogP contribution in [0.3, 0.4) is 0 Å². The molecule has 0 radical (unpaired) electrons. The second-order valence-electron chi connectivity index (χ2n) is 4.30. The molecule has 0 amide bonds. The molecular weight excluding hydrogens is 276 g/mol. The molecule has 0 heterocycles. The van der Waals surface area contributed by atoms with Crippen LogP contribution in [-0.4, -0.2) is 5.11 Å². The molecule has 19 heavy (non-hydrogen) atoms. The zero-order valence-corrected chi connectivity index (χ0v) is 12.2. The third kappa shape index (κ3) is 4.54. The maximum Gasteiger partial charge on any atom is 0.171 e. The van der Waals surface area contributed by atoms with E-state index in [1.165, 1.54) is 11.1 Å². The lowest BCUT2D eigenvalue weighted by Gasteiger charge is -2.11. The molecule has 0 aliphatic rings. The van der Waals surface area contributed by atoms with E-state index in [1.54, 1.807) is 0 Å². The predicted octanol–water partition coefficient (Wildman–Crippen LogP) is 4.14. The van der Waals surface area contributed by atoms with Gasteiger partial charge in [-0.2, -0.15) is 0 Å². The summed E-state index contributed by atoms with van der Waals surface area (Å²) in [7, 11) is 0. The SMILES string of the molecule is Cc1ccc(CNC(=S)Nc2cccc(Cl)c2)cc1. The maximum atomic E-state index is 5.91. The Morgan fingerprint density at radius 2 is 1.89 bits per heavy atom. The molecule has 4 heteroatoms. The topological polar surface area (TPSA) is 24.1 Å². The number of hydrogen-bond acceptors (Lipinski definition) is 1. The summed E-state index contributed by atoms with van der Waals surface area (Å²) in [5, 5.41) is 7.54. The van der Waals surface area contributed by atoms with Crippen LogP contribution in [0.15, 0.2) is 48.5 Å². The lowest BCUT2D eigenvalue weighted by Crippen LogP contribution is -2.27. The minimum atomic E-state index is 0.586. The van der Waals surface area contributed by atoms with E-state index in [0.29, 0.717) is 16.7 Å². The highest BCUT2D eigenvalue weighted by Crippen LogP contribution is 2.14. The molecule has 0 aliphatic carbocycles. The molecule has 2 aromatic carbocycles. The van der Waals surface area contributed by atoms with Gasteiger partial charge in [0, 0.05) is 17.3 Å². The number of anilines is 1. The van der Waals surface area contributed by atoms with Crippen molar-refractivity contribution in [3.05, 3.63) is 64.7 Å². The molecule has 2 rings (SSSR count). The fourth-order valence-electron chi connectivity index (χ4n) is 1.63. The molecule has 0 aromatic heterocycles. The summed E-state index contributed by atoms with van der Waals surface area (Å²) in [6.07, 6.45) is 0. The predicted molar refractivity (Wildman–Crippen MR) is 85.7 cm³/mol. The minimum Gasteiger partial charge on any atom is -0.358 e. The second-order valence-corrected chi connectivity index (χ2v) is 5.15. The van der Waals surface area contributed by atoms with Gasteiger partial charge in [-0.25, -0.2) is 0 Å². The molecule has 2 aromatic rings. The molecule has 0 atom stereocenters. The Balaban J connectivity index is 1.86. The lowest BCUT2D eigenvalue weighted by molar-refractivity contribution is 0.925. The van der Waals surface area contributed by atoms with Crippen molar-refractivity contribution in [3.63, 3.8) is 0 Å². The zero-order valence-electron chi connectivity index (χ0n) is 10.6. The molecule has 0 fully saturated rings. The van der Waals surface area contributed by atoms with Crippen molar-refractivity contribution in [1.82, 2.24) is 5.32 Å². The number of aryl methyl sites for hydroxylation is 1. The van der Waals surface area contributed by atoms with Crippen LogP contribution >= 0.6 is 23.8 Å². The van der Waals surface area contributed by atoms with Gasteiger partial charge in [-0.05, 0) is 42.9 Å². The van der Waals surface area contributed by atoms with Crippen LogP contribution in [0.2, 0.25) is 5.02 Å². The van der Waals surface area contributed by atoms with Gasteiger partial charge in [0.2, 0.25) is 0 Å². The highest BCUT2D eigenvalue weighted by molar-refractivity contribution is 7.80. The van der Waals surface area contributed by atoms with Crippen LogP contribution in [0.5, 0.6) is 0 Å². The van der Waals surface area contributed by atoms with Gasteiger partial charge in [0.15, 0.2) is 5.11 Å². The number of nitrogens with one attached hydrogen (secondary N) is 2. The van der Waals surface area contributed by atoms with Crippen molar-refractivity contribution in [3.8, 4) is 0 Å². The third-order valence-electron chi connectivity index (χ3n) is 2.66. The smallest absolute Gasteiger partial charge is 0.171 e. The van der Waals surface area contributed by atoms with E-state index >= 15 is 0 Å². The van der Waals surface area contributed by atoms with Gasteiger partial charge >= 0.3 is 0 Å². The van der Waals surface area contributed by atoms with Crippen LogP contribution in [0.4, 0.5) is 5.69 Å². The van der Waals surface area contributed by atoms with Crippen LogP contribution in [-0.2, 0) is 6.54 Å². The standard InChI is InChI=1S/C15H15ClN2S/c1-11-5-7-12(8-6-11)10-17-15(19)18-14-4-2-3-13(16)9-14/h2-9H,10H2,1H3,(H2,17,18,19). The molecule has 0 aliphatic heterocycles. The van der Waals surface area contributed by atoms with Gasteiger partial charge in [-0.3, -0.25) is 0 Å². The Labute approximate surface area is 123 Å². The van der Waals surface area contributed by atoms with Crippen molar-refractivity contribution in [2.75, 3.05) is 5.32 Å². The van der Waals surface area contributed by atoms with E-state index < -0.39 is 0 Å². The minimum absolute atomic E-state index is 0.586. The molecule has 2 N–H and O–H groups in total. The number of benzene rings is 2. The van der Waals surface area contributed by atoms with Crippen LogP contribution < -0.4 is 10.6 Å². The van der Waals surface area contributed by atoms with Crippen LogP contribution in [0, 0.1) is 6.92 Å². The summed E-state index contributed by atoms with van der Waals surface area (Å²) in [5.74, 6) is 0. The molecule has 0 saturated carbocycles. The molecule has 98 valence electrons. The summed E-state index contributed by atoms with van der Waals surface area (Å²) < 4.78 is 0. The van der Waals surface area contributed by atoms with E-state index in [9.17, 15) is 0 Å². The first kappa shape index (κ1) is 13.8. The van der Waals surface area contributed by atoms with Gasteiger partial charge < -0.3 is 10.6 Å². The van der Waals surface area contributed by atoms with Gasteiger partial charge in [-0.15, -0.1) is 0 Å². The zero-order chi connectivity index (χ0) is 13.7. The summed E-state index contributed by atoms with van der Waals surface area (Å²) in [4.78, 5) is 0. The molecule has 2 nitrogen and oxygen atoms in total. The Hall–Kier alpha value is -1.58. The number of halogens is 1. The van der Waals surface area contributed by atoms with E-state index in [4.69, 9.17) is 23.8 Å². The van der Waals surface area contributed by atoms with E-state index in [1.807, 2.05) is 24.3 Å². The molecule has 0 spiro atoms. The normalized spacial score (nSPS) is 10.0. The van der Waals surface area contributed by atoms with Gasteiger partial charge in [0.1, 0.15) is 0 Å². The Kier molecular flexibility index (Phi) is 4.77. The van der Waals surface area contributed by atoms with Crippen molar-refractivity contribution >= 4 is 34.6 Å². The summed E-state index contributed by atoms with van der Waals surface area (Å²) in [6, 6.07) is 15.8. The quantitative estimate of drug-likeness (QED) is 0.831. The first-order valence-corrected chi connectivity index (χ1v) is 6.78. The highest BCUT2D eigenvalue weighted by Gasteiger charge is 1.98. The largest absolute Gasteiger partial charge is 0.358 e. The van der Waals surface area contributed by atoms with Crippen molar-refractivity contribution in [1.29, 1.82) is 0 Å². The molecule has 0 bridgehead atoms. The fourth-order valence-corrected chi connectivity index (χ4v) is 2.01. The second kappa shape index (κ2) is 6.55. The van der Waals surface area contributed by atoms with Crippen LogP contribution in [0.1, 0.15) is 11.1 Å². The summed E-state index contributed by atoms with van der Waals surface area (Å²) >= 11 is 11.2. The summed E-state index contributed by atoms with van der Waals surface area (Å²) in [6.45, 7) is 2.77. The van der Waals surface area contributed by atoms with Crippen LogP contribution in [0.25, 0.3) is 0 Å². The number of rotatable bonds is 3. The van der Waals surface area contributed by atoms with Crippen molar-refractivity contribution in [2.45, 2.75) is 13.5 Å². The average molecular weight is 291 g/mol. The first-order chi connectivity index (χ1) is 9.13. The molecule has 0 unspecified atom stereocenters. The van der Waals surface area contributed by atoms with E-state index in [2.05, 4.69) is 41.8 Å². The average Bonchev–Trinajstić information content (AvgIpc) is 2.38. The highest BCUT2D eigenvalue weighted by atomic mass is 35.5. The van der Waals surface area contributed by atoms with E-state index in [0.717, 1.165) is 5.69 Å². The van der Waals surface area contributed by atoms with Crippen molar-refractivity contribution in [2.24, 2.45) is 0 Å². The monoisotopic (exact) mass is 290 g/mol. The molecule has 0 saturated heterocycles. The van der Waals surface area contributed by atoms with Gasteiger partial charge in [0.25, 0.3) is 0 Å². The Bertz CT molecular complexity index is 567. The Morgan fingerprint density at radius 1 is 1.16 bits per heavy atom. The first-order valence-electron chi connectivity index (χ1n) is 5.99. The van der Waals surface area contributed by atoms with E-state index in [-0.39, 0.29) is 0 Å². The summed E-state index contributed by atoms with van der Waals surface area (Å²) in [5.41, 5.74) is 3.33. The number of thiocarbonyl (C=S) groups is 1. The van der Waals surface area contributed by atoms with Gasteiger partial charge in [-0.1, -0.05) is 47.5 Å². The third-order valence-corrected chi connectivity index (χ3v) is 3.14. The van der Waals surface area contributed by atoms with Crippen molar-refractivity contribution < 1.29 is 0 Å². The van der Waals surface area contributed by atoms with Gasteiger partial charge in [0.05, 0.1) is 0 Å².